The van der Waals surface area contributed by atoms with Gasteiger partial charge in [0, 0.05) is 26.0 Å². The van der Waals surface area contributed by atoms with E-state index < -0.39 is 36.4 Å². The monoisotopic (exact) mass is 272 g/mol. The second-order valence-electron chi connectivity index (χ2n) is 5.11. The molecule has 2 aliphatic rings. The minimum atomic E-state index is -0.953. The lowest BCUT2D eigenvalue weighted by molar-refractivity contribution is -0.172. The largest absolute Gasteiger partial charge is 0.481 e. The summed E-state index contributed by atoms with van der Waals surface area (Å²) in [5.41, 5.74) is 5.92. The van der Waals surface area contributed by atoms with E-state index >= 15 is 0 Å². The van der Waals surface area contributed by atoms with Crippen molar-refractivity contribution in [2.24, 2.45) is 11.7 Å². The highest BCUT2D eigenvalue weighted by atomic mass is 16.7. The van der Waals surface area contributed by atoms with Crippen LogP contribution in [0.3, 0.4) is 0 Å². The summed E-state index contributed by atoms with van der Waals surface area (Å²) in [6.07, 6.45) is 0.891. The third-order valence-electron chi connectivity index (χ3n) is 3.62. The molecule has 0 aromatic rings. The van der Waals surface area contributed by atoms with E-state index in [1.807, 2.05) is 0 Å². The number of hydrogen-bond donors (Lipinski definition) is 3. The van der Waals surface area contributed by atoms with Gasteiger partial charge in [0.15, 0.2) is 6.29 Å². The van der Waals surface area contributed by atoms with E-state index in [2.05, 4.69) is 5.32 Å². The van der Waals surface area contributed by atoms with Gasteiger partial charge in [-0.25, -0.2) is 0 Å². The molecule has 1 aliphatic carbocycles. The fourth-order valence-corrected chi connectivity index (χ4v) is 2.74. The molecule has 0 aromatic carbocycles. The summed E-state index contributed by atoms with van der Waals surface area (Å²) in [4.78, 5) is 22.5. The number of hydrogen-bond acceptors (Lipinski definition) is 5. The van der Waals surface area contributed by atoms with Gasteiger partial charge in [-0.2, -0.15) is 0 Å². The molecule has 1 saturated carbocycles. The van der Waals surface area contributed by atoms with Crippen molar-refractivity contribution in [2.45, 2.75) is 50.7 Å². The SMILES string of the molecule is CC(=O)NC1C(N)CC(C(=O)O)C1OC1CCCO1. The lowest BCUT2D eigenvalue weighted by Gasteiger charge is -2.27. The van der Waals surface area contributed by atoms with E-state index in [-0.39, 0.29) is 12.3 Å². The van der Waals surface area contributed by atoms with Crippen LogP contribution in [-0.2, 0) is 19.1 Å². The fraction of sp³-hybridized carbons (Fsp3) is 0.833. The predicted octanol–water partition coefficient (Wildman–Crippen LogP) is -0.555. The maximum Gasteiger partial charge on any atom is 0.309 e. The number of nitrogens with two attached hydrogens (primary N) is 1. The van der Waals surface area contributed by atoms with E-state index in [1.54, 1.807) is 0 Å². The Balaban J connectivity index is 2.09. The van der Waals surface area contributed by atoms with Crippen LogP contribution in [0.15, 0.2) is 0 Å². The molecule has 5 unspecified atom stereocenters. The van der Waals surface area contributed by atoms with E-state index in [0.29, 0.717) is 6.61 Å². The molecule has 2 fully saturated rings. The fourth-order valence-electron chi connectivity index (χ4n) is 2.74. The molecule has 0 radical (unpaired) electrons. The zero-order chi connectivity index (χ0) is 14.0. The van der Waals surface area contributed by atoms with Gasteiger partial charge in [0.25, 0.3) is 0 Å². The van der Waals surface area contributed by atoms with Gasteiger partial charge in [0.1, 0.15) is 0 Å². The van der Waals surface area contributed by atoms with Crippen molar-refractivity contribution in [1.82, 2.24) is 5.32 Å². The number of rotatable bonds is 4. The molecule has 7 heteroatoms. The van der Waals surface area contributed by atoms with Gasteiger partial charge in [-0.3, -0.25) is 9.59 Å². The normalized spacial score (nSPS) is 38.3. The molecule has 1 heterocycles. The first kappa shape index (κ1) is 14.2. The third-order valence-corrected chi connectivity index (χ3v) is 3.62. The molecule has 108 valence electrons. The second kappa shape index (κ2) is 5.85. The smallest absolute Gasteiger partial charge is 0.309 e. The standard InChI is InChI=1S/C12H20N2O5/c1-6(15)14-10-8(13)5-7(12(16)17)11(10)19-9-3-2-4-18-9/h7-11H,2-5,13H2,1H3,(H,14,15)(H,16,17). The van der Waals surface area contributed by atoms with Crippen LogP contribution >= 0.6 is 0 Å². The Bertz CT molecular complexity index is 356. The maximum absolute atomic E-state index is 11.3. The first-order valence-corrected chi connectivity index (χ1v) is 6.51. The van der Waals surface area contributed by atoms with Crippen LogP contribution in [0.25, 0.3) is 0 Å². The number of carbonyl (C=O) groups is 2. The molecular weight excluding hydrogens is 252 g/mol. The van der Waals surface area contributed by atoms with Gasteiger partial charge in [-0.1, -0.05) is 0 Å². The number of carboxylic acids is 1. The van der Waals surface area contributed by atoms with Crippen LogP contribution in [0.1, 0.15) is 26.2 Å². The number of carbonyl (C=O) groups excluding carboxylic acids is 1. The molecule has 2 rings (SSSR count). The second-order valence-corrected chi connectivity index (χ2v) is 5.11. The minimum Gasteiger partial charge on any atom is -0.481 e. The Labute approximate surface area is 111 Å². The zero-order valence-corrected chi connectivity index (χ0v) is 10.9. The Morgan fingerprint density at radius 2 is 2.21 bits per heavy atom. The van der Waals surface area contributed by atoms with E-state index in [9.17, 15) is 14.7 Å². The molecule has 7 nitrogen and oxygen atoms in total. The predicted molar refractivity (Wildman–Crippen MR) is 65.2 cm³/mol. The summed E-state index contributed by atoms with van der Waals surface area (Å²) in [6, 6.07) is -0.904. The Hall–Kier alpha value is -1.18. The molecule has 4 N–H and O–H groups in total. The van der Waals surface area contributed by atoms with Crippen LogP contribution in [-0.4, -0.2) is 48.1 Å². The van der Waals surface area contributed by atoms with Gasteiger partial charge in [-0.05, 0) is 12.8 Å². The Morgan fingerprint density at radius 1 is 1.47 bits per heavy atom. The summed E-state index contributed by atoms with van der Waals surface area (Å²) in [6.45, 7) is 2.00. The van der Waals surface area contributed by atoms with Gasteiger partial charge >= 0.3 is 5.97 Å². The van der Waals surface area contributed by atoms with Gasteiger partial charge in [0.2, 0.25) is 5.91 Å². The number of nitrogens with one attached hydrogen (secondary N) is 1. The van der Waals surface area contributed by atoms with Crippen molar-refractivity contribution >= 4 is 11.9 Å². The summed E-state index contributed by atoms with van der Waals surface area (Å²) in [7, 11) is 0. The molecule has 19 heavy (non-hydrogen) atoms. The van der Waals surface area contributed by atoms with Crippen molar-refractivity contribution in [3.05, 3.63) is 0 Å². The van der Waals surface area contributed by atoms with Crippen molar-refractivity contribution < 1.29 is 24.2 Å². The highest BCUT2D eigenvalue weighted by Gasteiger charge is 2.47. The van der Waals surface area contributed by atoms with Gasteiger partial charge in [-0.15, -0.1) is 0 Å². The average molecular weight is 272 g/mol. The Morgan fingerprint density at radius 3 is 2.74 bits per heavy atom. The lowest BCUT2D eigenvalue weighted by Crippen LogP contribution is -2.51. The van der Waals surface area contributed by atoms with Crippen molar-refractivity contribution in [1.29, 1.82) is 0 Å². The van der Waals surface area contributed by atoms with Crippen LogP contribution < -0.4 is 11.1 Å². The Kier molecular flexibility index (Phi) is 4.38. The van der Waals surface area contributed by atoms with Gasteiger partial charge < -0.3 is 25.6 Å². The van der Waals surface area contributed by atoms with Crippen molar-refractivity contribution in [2.75, 3.05) is 6.61 Å². The first-order chi connectivity index (χ1) is 8.99. The lowest BCUT2D eigenvalue weighted by atomic mass is 10.1. The van der Waals surface area contributed by atoms with Crippen LogP contribution in [0.4, 0.5) is 0 Å². The molecule has 0 aromatic heterocycles. The molecule has 5 atom stereocenters. The zero-order valence-electron chi connectivity index (χ0n) is 10.9. The van der Waals surface area contributed by atoms with Gasteiger partial charge in [0.05, 0.1) is 18.1 Å². The van der Waals surface area contributed by atoms with E-state index in [1.165, 1.54) is 6.92 Å². The van der Waals surface area contributed by atoms with E-state index in [0.717, 1.165) is 12.8 Å². The average Bonchev–Trinajstić information content (AvgIpc) is 2.91. The number of amides is 1. The minimum absolute atomic E-state index is 0.243. The molecule has 0 bridgehead atoms. The topological polar surface area (TPSA) is 111 Å². The van der Waals surface area contributed by atoms with Crippen molar-refractivity contribution in [3.63, 3.8) is 0 Å². The molecule has 1 amide bonds. The molecule has 1 aliphatic heterocycles. The molecule has 0 spiro atoms. The maximum atomic E-state index is 11.3. The summed E-state index contributed by atoms with van der Waals surface area (Å²) in [5.74, 6) is -1.91. The first-order valence-electron chi connectivity index (χ1n) is 6.51. The number of carboxylic acid groups (broad SMARTS) is 1. The van der Waals surface area contributed by atoms with E-state index in [4.69, 9.17) is 15.2 Å². The summed E-state index contributed by atoms with van der Waals surface area (Å²) in [5, 5.41) is 11.9. The quantitative estimate of drug-likeness (QED) is 0.633. The highest BCUT2D eigenvalue weighted by molar-refractivity contribution is 5.75. The number of aliphatic carboxylic acids is 1. The van der Waals surface area contributed by atoms with Crippen LogP contribution in [0, 0.1) is 5.92 Å². The summed E-state index contributed by atoms with van der Waals surface area (Å²) < 4.78 is 11.1. The summed E-state index contributed by atoms with van der Waals surface area (Å²) >= 11 is 0. The highest BCUT2D eigenvalue weighted by Crippen LogP contribution is 2.31. The van der Waals surface area contributed by atoms with Crippen LogP contribution in [0.2, 0.25) is 0 Å². The van der Waals surface area contributed by atoms with Crippen molar-refractivity contribution in [3.8, 4) is 0 Å². The third kappa shape index (κ3) is 3.23. The number of ether oxygens (including phenoxy) is 2. The molecular formula is C12H20N2O5. The molecule has 1 saturated heterocycles. The van der Waals surface area contributed by atoms with Crippen LogP contribution in [0.5, 0.6) is 0 Å².